The van der Waals surface area contributed by atoms with Gasteiger partial charge in [0.25, 0.3) is 5.91 Å². The Hall–Kier alpha value is -3.48. The molecule has 2 aliphatic heterocycles. The first-order chi connectivity index (χ1) is 13.5. The van der Waals surface area contributed by atoms with Crippen LogP contribution in [0.3, 0.4) is 0 Å². The molecule has 4 rings (SSSR count). The van der Waals surface area contributed by atoms with Crippen LogP contribution in [-0.2, 0) is 25.7 Å². The highest BCUT2D eigenvalue weighted by atomic mass is 16.5. The van der Waals surface area contributed by atoms with Gasteiger partial charge in [0, 0.05) is 0 Å². The molecule has 142 valence electrons. The lowest BCUT2D eigenvalue weighted by atomic mass is 9.99. The van der Waals surface area contributed by atoms with Crippen molar-refractivity contribution in [3.05, 3.63) is 65.2 Å². The molecule has 1 fully saturated rings. The molecule has 2 heterocycles. The van der Waals surface area contributed by atoms with E-state index in [-0.39, 0.29) is 12.3 Å². The van der Waals surface area contributed by atoms with Crippen LogP contribution < -0.4 is 10.3 Å². The first kappa shape index (κ1) is 17.9. The number of carbonyl (C=O) groups excluding carboxylic acids is 3. The van der Waals surface area contributed by atoms with Gasteiger partial charge < -0.3 is 4.74 Å². The number of ether oxygens (including phenoxy) is 1. The van der Waals surface area contributed by atoms with E-state index >= 15 is 0 Å². The first-order valence-electron chi connectivity index (χ1n) is 8.96. The Bertz CT molecular complexity index is 1000. The number of hydrogen-bond acceptors (Lipinski definition) is 6. The smallest absolute Gasteiger partial charge is 0.355 e. The molecule has 2 amide bonds. The van der Waals surface area contributed by atoms with Crippen LogP contribution in [-0.4, -0.2) is 29.5 Å². The number of imide groups is 1. The van der Waals surface area contributed by atoms with Crippen molar-refractivity contribution in [3.8, 4) is 0 Å². The minimum Gasteiger partial charge on any atom is -0.456 e. The molecule has 0 bridgehead atoms. The number of aryl methyl sites for hydroxylation is 2. The van der Waals surface area contributed by atoms with Crippen LogP contribution in [0.5, 0.6) is 0 Å². The third-order valence-electron chi connectivity index (χ3n) is 4.94. The van der Waals surface area contributed by atoms with E-state index in [0.717, 1.165) is 21.6 Å². The maximum absolute atomic E-state index is 13.0. The van der Waals surface area contributed by atoms with Crippen LogP contribution in [0, 0.1) is 19.8 Å². The summed E-state index contributed by atoms with van der Waals surface area (Å²) < 4.78 is 5.29. The van der Waals surface area contributed by atoms with Gasteiger partial charge in [0.15, 0.2) is 5.71 Å². The molecule has 7 heteroatoms. The van der Waals surface area contributed by atoms with E-state index in [0.29, 0.717) is 5.69 Å². The lowest BCUT2D eigenvalue weighted by Gasteiger charge is -2.18. The zero-order chi connectivity index (χ0) is 19.8. The van der Waals surface area contributed by atoms with Crippen molar-refractivity contribution in [2.24, 2.45) is 11.0 Å². The summed E-state index contributed by atoms with van der Waals surface area (Å²) >= 11 is 0. The van der Waals surface area contributed by atoms with Crippen LogP contribution in [0.2, 0.25) is 0 Å². The Labute approximate surface area is 162 Å². The van der Waals surface area contributed by atoms with E-state index < -0.39 is 29.7 Å². The summed E-state index contributed by atoms with van der Waals surface area (Å²) in [6, 6.07) is 13.8. The fourth-order valence-corrected chi connectivity index (χ4v) is 3.55. The standard InChI is InChI=1S/C21H19N3O4/c1-12-8-9-15(13(2)10-12)24-19(25)16-17(20(24)26)22-23-18(16)21(27)28-11-14-6-4-3-5-7-14/h3-10,16-17,22H,11H2,1-2H3/t16-,17-/m0/s1. The number of hydrazone groups is 1. The lowest BCUT2D eigenvalue weighted by Crippen LogP contribution is -2.36. The van der Waals surface area contributed by atoms with Gasteiger partial charge in [-0.05, 0) is 31.0 Å². The summed E-state index contributed by atoms with van der Waals surface area (Å²) in [6.07, 6.45) is 0. The normalized spacial score (nSPS) is 20.6. The average molecular weight is 377 g/mol. The number of amides is 2. The Morgan fingerprint density at radius 2 is 1.86 bits per heavy atom. The van der Waals surface area contributed by atoms with Gasteiger partial charge >= 0.3 is 5.97 Å². The topological polar surface area (TPSA) is 88.1 Å². The van der Waals surface area contributed by atoms with Gasteiger partial charge in [-0.3, -0.25) is 15.0 Å². The van der Waals surface area contributed by atoms with E-state index in [1.54, 1.807) is 6.07 Å². The van der Waals surface area contributed by atoms with Crippen molar-refractivity contribution in [1.29, 1.82) is 0 Å². The molecule has 1 saturated heterocycles. The van der Waals surface area contributed by atoms with Gasteiger partial charge in [0.1, 0.15) is 18.6 Å². The molecule has 0 spiro atoms. The highest BCUT2D eigenvalue weighted by Gasteiger charge is 2.56. The summed E-state index contributed by atoms with van der Waals surface area (Å²) in [5, 5.41) is 3.92. The number of rotatable bonds is 4. The van der Waals surface area contributed by atoms with Crippen LogP contribution in [0.1, 0.15) is 16.7 Å². The SMILES string of the molecule is Cc1ccc(N2C(=O)[C@@H]3C(C(=O)OCc4ccccc4)=NN[C@@H]3C2=O)c(C)c1. The molecule has 0 aromatic heterocycles. The van der Waals surface area contributed by atoms with Gasteiger partial charge in [-0.25, -0.2) is 9.69 Å². The monoisotopic (exact) mass is 377 g/mol. The van der Waals surface area contributed by atoms with E-state index in [9.17, 15) is 14.4 Å². The minimum absolute atomic E-state index is 0.0634. The molecule has 0 aliphatic carbocycles. The zero-order valence-corrected chi connectivity index (χ0v) is 15.5. The fourth-order valence-electron chi connectivity index (χ4n) is 3.55. The number of nitrogens with zero attached hydrogens (tertiary/aromatic N) is 2. The number of carbonyl (C=O) groups is 3. The van der Waals surface area contributed by atoms with Gasteiger partial charge in [-0.1, -0.05) is 48.0 Å². The van der Waals surface area contributed by atoms with Crippen molar-refractivity contribution >= 4 is 29.2 Å². The van der Waals surface area contributed by atoms with Crippen LogP contribution in [0.15, 0.2) is 53.6 Å². The number of anilines is 1. The maximum atomic E-state index is 13.0. The second-order valence-electron chi connectivity index (χ2n) is 6.95. The molecule has 1 N–H and O–H groups in total. The first-order valence-corrected chi connectivity index (χ1v) is 8.96. The van der Waals surface area contributed by atoms with Crippen molar-refractivity contribution in [3.63, 3.8) is 0 Å². The Balaban J connectivity index is 1.54. The molecule has 0 unspecified atom stereocenters. The predicted molar refractivity (Wildman–Crippen MR) is 102 cm³/mol. The molecular weight excluding hydrogens is 358 g/mol. The summed E-state index contributed by atoms with van der Waals surface area (Å²) in [6.45, 7) is 3.85. The highest BCUT2D eigenvalue weighted by Crippen LogP contribution is 2.33. The molecule has 0 radical (unpaired) electrons. The van der Waals surface area contributed by atoms with Gasteiger partial charge in [0.05, 0.1) is 5.69 Å². The Morgan fingerprint density at radius 3 is 2.57 bits per heavy atom. The molecule has 2 aromatic rings. The summed E-state index contributed by atoms with van der Waals surface area (Å²) in [7, 11) is 0. The largest absolute Gasteiger partial charge is 0.456 e. The van der Waals surface area contributed by atoms with Gasteiger partial charge in [0.2, 0.25) is 5.91 Å². The summed E-state index contributed by atoms with van der Waals surface area (Å²) in [5.74, 6) is -2.57. The quantitative estimate of drug-likeness (QED) is 0.649. The van der Waals surface area contributed by atoms with E-state index in [1.807, 2.05) is 56.3 Å². The minimum atomic E-state index is -0.975. The number of benzene rings is 2. The Kier molecular flexibility index (Phi) is 4.43. The van der Waals surface area contributed by atoms with Crippen LogP contribution >= 0.6 is 0 Å². The summed E-state index contributed by atoms with van der Waals surface area (Å²) in [5.41, 5.74) is 5.76. The number of fused-ring (bicyclic) bond motifs is 1. The van der Waals surface area contributed by atoms with Crippen molar-refractivity contribution < 1.29 is 19.1 Å². The predicted octanol–water partition coefficient (Wildman–Crippen LogP) is 1.86. The van der Waals surface area contributed by atoms with Crippen LogP contribution in [0.25, 0.3) is 0 Å². The molecule has 0 saturated carbocycles. The molecule has 2 atom stereocenters. The molecular formula is C21H19N3O4. The lowest BCUT2D eigenvalue weighted by molar-refractivity contribution is -0.137. The van der Waals surface area contributed by atoms with Gasteiger partial charge in [-0.2, -0.15) is 5.10 Å². The third kappa shape index (κ3) is 2.94. The maximum Gasteiger partial charge on any atom is 0.355 e. The molecule has 7 nitrogen and oxygen atoms in total. The van der Waals surface area contributed by atoms with E-state index in [1.165, 1.54) is 0 Å². The highest BCUT2D eigenvalue weighted by molar-refractivity contribution is 6.46. The molecule has 28 heavy (non-hydrogen) atoms. The number of hydrogen-bond donors (Lipinski definition) is 1. The number of nitrogens with one attached hydrogen (secondary N) is 1. The van der Waals surface area contributed by atoms with E-state index in [4.69, 9.17) is 4.74 Å². The second kappa shape index (κ2) is 6.92. The van der Waals surface area contributed by atoms with E-state index in [2.05, 4.69) is 10.5 Å². The van der Waals surface area contributed by atoms with Crippen molar-refractivity contribution in [2.75, 3.05) is 4.90 Å². The van der Waals surface area contributed by atoms with Crippen LogP contribution in [0.4, 0.5) is 5.69 Å². The average Bonchev–Trinajstić information content (AvgIpc) is 3.22. The second-order valence-corrected chi connectivity index (χ2v) is 6.95. The van der Waals surface area contributed by atoms with Crippen molar-refractivity contribution in [1.82, 2.24) is 5.43 Å². The molecule has 2 aromatic carbocycles. The zero-order valence-electron chi connectivity index (χ0n) is 15.5. The summed E-state index contributed by atoms with van der Waals surface area (Å²) in [4.78, 5) is 39.4. The number of esters is 1. The fraction of sp³-hybridized carbons (Fsp3) is 0.238. The third-order valence-corrected chi connectivity index (χ3v) is 4.94. The van der Waals surface area contributed by atoms with Crippen molar-refractivity contribution in [2.45, 2.75) is 26.5 Å². The Morgan fingerprint density at radius 1 is 1.11 bits per heavy atom. The van der Waals surface area contributed by atoms with Gasteiger partial charge in [-0.15, -0.1) is 0 Å². The molecule has 2 aliphatic rings.